The first-order valence-corrected chi connectivity index (χ1v) is 6.68. The van der Waals surface area contributed by atoms with Gasteiger partial charge in [0.1, 0.15) is 5.65 Å². The van der Waals surface area contributed by atoms with Gasteiger partial charge in [-0.25, -0.2) is 4.98 Å². The summed E-state index contributed by atoms with van der Waals surface area (Å²) in [5, 5.41) is 3.01. The SMILES string of the molecule is NCC(NC(=O)Cc1cn2ccccc2n1)C1CC1. The van der Waals surface area contributed by atoms with Crippen molar-refractivity contribution in [3.63, 3.8) is 0 Å². The summed E-state index contributed by atoms with van der Waals surface area (Å²) in [6, 6.07) is 5.93. The number of amides is 1. The standard InChI is InChI=1S/C14H18N4O/c15-8-12(10-4-5-10)17-14(19)7-11-9-18-6-2-1-3-13(18)16-11/h1-3,6,9-10,12H,4-5,7-8,15H2,(H,17,19). The fraction of sp³-hybridized carbons (Fsp3) is 0.429. The predicted molar refractivity (Wildman–Crippen MR) is 72.6 cm³/mol. The normalized spacial score (nSPS) is 16.5. The van der Waals surface area contributed by atoms with Crippen molar-refractivity contribution in [2.45, 2.75) is 25.3 Å². The number of nitrogens with one attached hydrogen (secondary N) is 1. The lowest BCUT2D eigenvalue weighted by Crippen LogP contribution is -2.42. The molecule has 1 aliphatic rings. The maximum Gasteiger partial charge on any atom is 0.226 e. The number of nitrogens with zero attached hydrogens (tertiary/aromatic N) is 2. The molecule has 2 aromatic rings. The van der Waals surface area contributed by atoms with Gasteiger partial charge < -0.3 is 15.5 Å². The van der Waals surface area contributed by atoms with E-state index in [2.05, 4.69) is 10.3 Å². The fourth-order valence-electron chi connectivity index (χ4n) is 2.36. The van der Waals surface area contributed by atoms with E-state index in [0.717, 1.165) is 11.3 Å². The third-order valence-electron chi connectivity index (χ3n) is 3.55. The smallest absolute Gasteiger partial charge is 0.226 e. The molecule has 0 bridgehead atoms. The highest BCUT2D eigenvalue weighted by Crippen LogP contribution is 2.32. The van der Waals surface area contributed by atoms with Crippen LogP contribution in [0.2, 0.25) is 0 Å². The van der Waals surface area contributed by atoms with E-state index in [1.807, 2.05) is 35.0 Å². The lowest BCUT2D eigenvalue weighted by Gasteiger charge is -2.15. The van der Waals surface area contributed by atoms with Crippen LogP contribution < -0.4 is 11.1 Å². The molecule has 2 aromatic heterocycles. The van der Waals surface area contributed by atoms with Crippen LogP contribution in [0.25, 0.3) is 5.65 Å². The quantitative estimate of drug-likeness (QED) is 0.830. The zero-order valence-corrected chi connectivity index (χ0v) is 10.7. The monoisotopic (exact) mass is 258 g/mol. The van der Waals surface area contributed by atoms with Crippen molar-refractivity contribution < 1.29 is 4.79 Å². The molecular formula is C14H18N4O. The number of hydrogen-bond acceptors (Lipinski definition) is 3. The van der Waals surface area contributed by atoms with Crippen LogP contribution in [-0.4, -0.2) is 27.9 Å². The summed E-state index contributed by atoms with van der Waals surface area (Å²) in [6.45, 7) is 0.515. The van der Waals surface area contributed by atoms with Gasteiger partial charge in [0.25, 0.3) is 0 Å². The number of carbonyl (C=O) groups excluding carboxylic acids is 1. The Labute approximate surface area is 111 Å². The molecule has 1 unspecified atom stereocenters. The van der Waals surface area contributed by atoms with E-state index in [4.69, 9.17) is 5.73 Å². The Balaban J connectivity index is 1.65. The van der Waals surface area contributed by atoms with E-state index in [1.54, 1.807) is 0 Å². The Morgan fingerprint density at radius 1 is 1.53 bits per heavy atom. The van der Waals surface area contributed by atoms with Crippen LogP contribution in [0.15, 0.2) is 30.6 Å². The van der Waals surface area contributed by atoms with Crippen LogP contribution in [0.1, 0.15) is 18.5 Å². The number of rotatable bonds is 5. The topological polar surface area (TPSA) is 72.4 Å². The van der Waals surface area contributed by atoms with Gasteiger partial charge in [0.05, 0.1) is 12.1 Å². The zero-order chi connectivity index (χ0) is 13.2. The van der Waals surface area contributed by atoms with Crippen molar-refractivity contribution in [1.82, 2.24) is 14.7 Å². The van der Waals surface area contributed by atoms with E-state index in [-0.39, 0.29) is 11.9 Å². The minimum atomic E-state index is 0.00533. The Hall–Kier alpha value is -1.88. The Morgan fingerprint density at radius 3 is 3.05 bits per heavy atom. The number of fused-ring (bicyclic) bond motifs is 1. The Morgan fingerprint density at radius 2 is 2.37 bits per heavy atom. The van der Waals surface area contributed by atoms with Gasteiger partial charge in [0.15, 0.2) is 0 Å². The van der Waals surface area contributed by atoms with Gasteiger partial charge >= 0.3 is 0 Å². The molecule has 19 heavy (non-hydrogen) atoms. The van der Waals surface area contributed by atoms with Gasteiger partial charge in [0.2, 0.25) is 5.91 Å². The number of hydrogen-bond donors (Lipinski definition) is 2. The van der Waals surface area contributed by atoms with Crippen LogP contribution in [-0.2, 0) is 11.2 Å². The second kappa shape index (κ2) is 5.01. The number of aromatic nitrogens is 2. The summed E-state index contributed by atoms with van der Waals surface area (Å²) in [5.41, 5.74) is 7.33. The molecule has 0 aromatic carbocycles. The van der Waals surface area contributed by atoms with Gasteiger partial charge in [-0.15, -0.1) is 0 Å². The predicted octanol–water partition coefficient (Wildman–Crippen LogP) is 0.730. The minimum Gasteiger partial charge on any atom is -0.351 e. The molecule has 5 heteroatoms. The van der Waals surface area contributed by atoms with Crippen LogP contribution in [0, 0.1) is 5.92 Å². The molecule has 2 heterocycles. The lowest BCUT2D eigenvalue weighted by molar-refractivity contribution is -0.121. The minimum absolute atomic E-state index is 0.00533. The van der Waals surface area contributed by atoms with Gasteiger partial charge in [-0.1, -0.05) is 6.07 Å². The number of carbonyl (C=O) groups is 1. The highest BCUT2D eigenvalue weighted by Gasteiger charge is 2.31. The maximum absolute atomic E-state index is 12.0. The molecule has 3 rings (SSSR count). The molecule has 0 spiro atoms. The highest BCUT2D eigenvalue weighted by atomic mass is 16.1. The first-order valence-electron chi connectivity index (χ1n) is 6.68. The van der Waals surface area contributed by atoms with Gasteiger partial charge in [-0.05, 0) is 30.9 Å². The van der Waals surface area contributed by atoms with Crippen LogP contribution in [0.5, 0.6) is 0 Å². The second-order valence-corrected chi connectivity index (χ2v) is 5.12. The summed E-state index contributed by atoms with van der Waals surface area (Å²) < 4.78 is 1.92. The Bertz CT molecular complexity index is 555. The largest absolute Gasteiger partial charge is 0.351 e. The van der Waals surface area contributed by atoms with E-state index < -0.39 is 0 Å². The molecule has 1 atom stereocenters. The van der Waals surface area contributed by atoms with Crippen LogP contribution >= 0.6 is 0 Å². The fourth-order valence-corrected chi connectivity index (χ4v) is 2.36. The molecule has 1 amide bonds. The molecule has 100 valence electrons. The van der Waals surface area contributed by atoms with Gasteiger partial charge in [0, 0.05) is 25.0 Å². The average Bonchev–Trinajstić information content (AvgIpc) is 3.16. The summed E-state index contributed by atoms with van der Waals surface area (Å²) >= 11 is 0. The van der Waals surface area contributed by atoms with Crippen LogP contribution in [0.4, 0.5) is 0 Å². The van der Waals surface area contributed by atoms with Crippen LogP contribution in [0.3, 0.4) is 0 Å². The molecular weight excluding hydrogens is 240 g/mol. The average molecular weight is 258 g/mol. The van der Waals surface area contributed by atoms with Crippen molar-refractivity contribution in [2.24, 2.45) is 11.7 Å². The third kappa shape index (κ3) is 2.76. The Kier molecular flexibility index (Phi) is 3.21. The second-order valence-electron chi connectivity index (χ2n) is 5.12. The molecule has 5 nitrogen and oxygen atoms in total. The van der Waals surface area contributed by atoms with Crippen molar-refractivity contribution in [1.29, 1.82) is 0 Å². The van der Waals surface area contributed by atoms with Crippen molar-refractivity contribution >= 4 is 11.6 Å². The van der Waals surface area contributed by atoms with E-state index in [1.165, 1.54) is 12.8 Å². The third-order valence-corrected chi connectivity index (χ3v) is 3.55. The maximum atomic E-state index is 12.0. The van der Waals surface area contributed by atoms with E-state index in [0.29, 0.717) is 18.9 Å². The van der Waals surface area contributed by atoms with E-state index in [9.17, 15) is 4.79 Å². The number of nitrogens with two attached hydrogens (primary N) is 1. The summed E-state index contributed by atoms with van der Waals surface area (Å²) in [4.78, 5) is 16.4. The van der Waals surface area contributed by atoms with E-state index >= 15 is 0 Å². The van der Waals surface area contributed by atoms with Crippen molar-refractivity contribution in [2.75, 3.05) is 6.54 Å². The molecule has 1 aliphatic carbocycles. The molecule has 3 N–H and O–H groups in total. The number of pyridine rings is 1. The number of imidazole rings is 1. The summed E-state index contributed by atoms with van der Waals surface area (Å²) in [5.74, 6) is 0.584. The molecule has 0 saturated heterocycles. The highest BCUT2D eigenvalue weighted by molar-refractivity contribution is 5.78. The molecule has 0 radical (unpaired) electrons. The van der Waals surface area contributed by atoms with Crippen molar-refractivity contribution in [3.8, 4) is 0 Å². The molecule has 0 aliphatic heterocycles. The lowest BCUT2D eigenvalue weighted by atomic mass is 10.2. The van der Waals surface area contributed by atoms with Gasteiger partial charge in [-0.3, -0.25) is 4.79 Å². The molecule has 1 saturated carbocycles. The van der Waals surface area contributed by atoms with Crippen molar-refractivity contribution in [3.05, 3.63) is 36.3 Å². The first-order chi connectivity index (χ1) is 9.26. The van der Waals surface area contributed by atoms with Gasteiger partial charge in [-0.2, -0.15) is 0 Å². The summed E-state index contributed by atoms with van der Waals surface area (Å²) in [7, 11) is 0. The summed E-state index contributed by atoms with van der Waals surface area (Å²) in [6.07, 6.45) is 6.48. The first kappa shape index (κ1) is 12.2. The zero-order valence-electron chi connectivity index (χ0n) is 10.7. The molecule has 1 fully saturated rings.